The Labute approximate surface area is 154 Å². The summed E-state index contributed by atoms with van der Waals surface area (Å²) < 4.78 is 12.4. The number of ether oxygens (including phenoxy) is 2. The number of allylic oxidation sites excluding steroid dienone is 4. The molecule has 0 saturated carbocycles. The Kier molecular flexibility index (Phi) is 7.15. The van der Waals surface area contributed by atoms with Crippen LogP contribution in [-0.2, 0) is 9.47 Å². The van der Waals surface area contributed by atoms with E-state index in [1.807, 2.05) is 0 Å². The van der Waals surface area contributed by atoms with Crippen LogP contribution in [0.3, 0.4) is 0 Å². The standard InChI is InChI=1S/C22H37NO2/c1-17(2)8-7-9-19-10-11-21(18(3)14-19)22-24-16-20(25-22)15-23-12-5-4-6-13-23/h8,10,18,20-22H,4-7,9,11-16H2,1-3H3/p+1/t18-,20+,21-,22-/m1/s1. The average Bonchev–Trinajstić information content (AvgIpc) is 3.04. The number of likely N-dealkylation sites (tertiary alicyclic amines) is 1. The van der Waals surface area contributed by atoms with Crippen molar-refractivity contribution < 1.29 is 14.4 Å². The number of piperidine rings is 1. The molecular formula is C22H38NO2+. The maximum Gasteiger partial charge on any atom is 0.161 e. The summed E-state index contributed by atoms with van der Waals surface area (Å²) in [6.07, 6.45) is 14.1. The van der Waals surface area contributed by atoms with Gasteiger partial charge in [-0.1, -0.05) is 30.2 Å². The van der Waals surface area contributed by atoms with Gasteiger partial charge in [0.1, 0.15) is 12.6 Å². The summed E-state index contributed by atoms with van der Waals surface area (Å²) in [4.78, 5) is 1.72. The quantitative estimate of drug-likeness (QED) is 0.742. The van der Waals surface area contributed by atoms with Crippen molar-refractivity contribution in [2.75, 3.05) is 26.2 Å². The molecule has 0 radical (unpaired) electrons. The van der Waals surface area contributed by atoms with Crippen molar-refractivity contribution >= 4 is 0 Å². The molecule has 1 N–H and O–H groups in total. The molecule has 0 unspecified atom stereocenters. The topological polar surface area (TPSA) is 22.9 Å². The molecule has 3 heteroatoms. The Hall–Kier alpha value is -0.640. The molecular weight excluding hydrogens is 310 g/mol. The Morgan fingerprint density at radius 3 is 2.76 bits per heavy atom. The molecule has 0 bridgehead atoms. The van der Waals surface area contributed by atoms with Gasteiger partial charge in [0.15, 0.2) is 6.29 Å². The van der Waals surface area contributed by atoms with E-state index in [1.165, 1.54) is 57.2 Å². The molecule has 2 fully saturated rings. The van der Waals surface area contributed by atoms with Crippen LogP contribution in [0.15, 0.2) is 23.3 Å². The van der Waals surface area contributed by atoms with E-state index in [1.54, 1.807) is 10.5 Å². The summed E-state index contributed by atoms with van der Waals surface area (Å²) in [5, 5.41) is 0. The minimum absolute atomic E-state index is 0.0276. The average molecular weight is 349 g/mol. The molecule has 0 amide bonds. The monoisotopic (exact) mass is 348 g/mol. The zero-order valence-corrected chi connectivity index (χ0v) is 16.6. The molecule has 142 valence electrons. The molecule has 0 aromatic heterocycles. The van der Waals surface area contributed by atoms with Gasteiger partial charge in [0.2, 0.25) is 0 Å². The maximum absolute atomic E-state index is 6.34. The van der Waals surface area contributed by atoms with E-state index in [9.17, 15) is 0 Å². The third-order valence-electron chi connectivity index (χ3n) is 6.21. The number of quaternary nitrogens is 1. The van der Waals surface area contributed by atoms with Gasteiger partial charge in [0, 0.05) is 5.92 Å². The van der Waals surface area contributed by atoms with E-state index < -0.39 is 0 Å². The van der Waals surface area contributed by atoms with Crippen LogP contribution in [0.4, 0.5) is 0 Å². The SMILES string of the molecule is CC(C)=CCCC1=CC[C@@H]([C@@H]2OC[C@H](C[NH+]3CCCCC3)O2)[C@H](C)C1. The van der Waals surface area contributed by atoms with Gasteiger partial charge < -0.3 is 14.4 Å². The first kappa shape index (κ1) is 19.1. The van der Waals surface area contributed by atoms with Crippen LogP contribution in [0.25, 0.3) is 0 Å². The lowest BCUT2D eigenvalue weighted by Crippen LogP contribution is -3.13. The molecule has 4 atom stereocenters. The van der Waals surface area contributed by atoms with Crippen LogP contribution < -0.4 is 4.90 Å². The minimum atomic E-state index is 0.0276. The van der Waals surface area contributed by atoms with Gasteiger partial charge in [-0.25, -0.2) is 0 Å². The fourth-order valence-electron chi connectivity index (χ4n) is 4.69. The zero-order valence-electron chi connectivity index (χ0n) is 16.6. The molecule has 0 spiro atoms. The summed E-state index contributed by atoms with van der Waals surface area (Å²) in [6, 6.07) is 0. The van der Waals surface area contributed by atoms with Crippen LogP contribution >= 0.6 is 0 Å². The van der Waals surface area contributed by atoms with Gasteiger partial charge in [-0.2, -0.15) is 0 Å². The van der Waals surface area contributed by atoms with Gasteiger partial charge in [0.05, 0.1) is 19.7 Å². The summed E-state index contributed by atoms with van der Waals surface area (Å²) in [6.45, 7) is 11.3. The molecule has 0 aromatic rings. The van der Waals surface area contributed by atoms with Crippen molar-refractivity contribution in [2.24, 2.45) is 11.8 Å². The Morgan fingerprint density at radius 2 is 2.04 bits per heavy atom. The Bertz CT molecular complexity index is 474. The number of hydrogen-bond donors (Lipinski definition) is 1. The van der Waals surface area contributed by atoms with E-state index >= 15 is 0 Å². The maximum atomic E-state index is 6.34. The first-order valence-corrected chi connectivity index (χ1v) is 10.5. The summed E-state index contributed by atoms with van der Waals surface area (Å²) in [7, 11) is 0. The van der Waals surface area contributed by atoms with Crippen LogP contribution in [0, 0.1) is 11.8 Å². The second-order valence-electron chi connectivity index (χ2n) is 8.74. The predicted octanol–water partition coefficient (Wildman–Crippen LogP) is 3.52. The van der Waals surface area contributed by atoms with Crippen LogP contribution in [-0.4, -0.2) is 38.6 Å². The molecule has 1 aliphatic carbocycles. The molecule has 2 heterocycles. The fourth-order valence-corrected chi connectivity index (χ4v) is 4.69. The van der Waals surface area contributed by atoms with E-state index in [2.05, 4.69) is 32.9 Å². The molecule has 2 aliphatic heterocycles. The molecule has 3 nitrogen and oxygen atoms in total. The highest BCUT2D eigenvalue weighted by Gasteiger charge is 2.38. The minimum Gasteiger partial charge on any atom is -0.349 e. The summed E-state index contributed by atoms with van der Waals surface area (Å²) in [5.41, 5.74) is 3.06. The molecule has 3 aliphatic rings. The second kappa shape index (κ2) is 9.34. The number of hydrogen-bond acceptors (Lipinski definition) is 2. The van der Waals surface area contributed by atoms with E-state index in [4.69, 9.17) is 9.47 Å². The van der Waals surface area contributed by atoms with E-state index in [0.717, 1.165) is 19.6 Å². The van der Waals surface area contributed by atoms with Crippen molar-refractivity contribution in [3.8, 4) is 0 Å². The Morgan fingerprint density at radius 1 is 1.24 bits per heavy atom. The van der Waals surface area contributed by atoms with Gasteiger partial charge in [-0.05, 0) is 64.7 Å². The van der Waals surface area contributed by atoms with Gasteiger partial charge in [0.25, 0.3) is 0 Å². The third kappa shape index (κ3) is 5.67. The largest absolute Gasteiger partial charge is 0.349 e. The highest BCUT2D eigenvalue weighted by atomic mass is 16.7. The number of nitrogens with one attached hydrogen (secondary N) is 1. The lowest BCUT2D eigenvalue weighted by molar-refractivity contribution is -0.907. The first-order chi connectivity index (χ1) is 12.1. The normalized spacial score (nSPS) is 34.0. The lowest BCUT2D eigenvalue weighted by atomic mass is 9.79. The number of rotatable bonds is 6. The molecule has 25 heavy (non-hydrogen) atoms. The smallest absolute Gasteiger partial charge is 0.161 e. The van der Waals surface area contributed by atoms with Crippen molar-refractivity contribution in [2.45, 2.75) is 78.1 Å². The van der Waals surface area contributed by atoms with Gasteiger partial charge >= 0.3 is 0 Å². The van der Waals surface area contributed by atoms with Crippen LogP contribution in [0.5, 0.6) is 0 Å². The van der Waals surface area contributed by atoms with Crippen molar-refractivity contribution in [3.05, 3.63) is 23.3 Å². The van der Waals surface area contributed by atoms with E-state index in [-0.39, 0.29) is 6.29 Å². The van der Waals surface area contributed by atoms with E-state index in [0.29, 0.717) is 17.9 Å². The van der Waals surface area contributed by atoms with Crippen LogP contribution in [0.1, 0.15) is 65.7 Å². The molecule has 3 rings (SSSR count). The van der Waals surface area contributed by atoms with Crippen molar-refractivity contribution in [1.82, 2.24) is 0 Å². The zero-order chi connectivity index (χ0) is 17.6. The van der Waals surface area contributed by atoms with Crippen LogP contribution in [0.2, 0.25) is 0 Å². The lowest BCUT2D eigenvalue weighted by Gasteiger charge is -2.32. The second-order valence-corrected chi connectivity index (χ2v) is 8.74. The predicted molar refractivity (Wildman–Crippen MR) is 103 cm³/mol. The van der Waals surface area contributed by atoms with Gasteiger partial charge in [-0.15, -0.1) is 0 Å². The molecule has 0 aromatic carbocycles. The Balaban J connectivity index is 1.45. The van der Waals surface area contributed by atoms with Crippen molar-refractivity contribution in [1.29, 1.82) is 0 Å². The summed E-state index contributed by atoms with van der Waals surface area (Å²) >= 11 is 0. The highest BCUT2D eigenvalue weighted by molar-refractivity contribution is 5.10. The van der Waals surface area contributed by atoms with Crippen molar-refractivity contribution in [3.63, 3.8) is 0 Å². The molecule has 2 saturated heterocycles. The fraction of sp³-hybridized carbons (Fsp3) is 0.818. The highest BCUT2D eigenvalue weighted by Crippen LogP contribution is 2.36. The third-order valence-corrected chi connectivity index (χ3v) is 6.21. The van der Waals surface area contributed by atoms with Gasteiger partial charge in [-0.3, -0.25) is 0 Å². The summed E-state index contributed by atoms with van der Waals surface area (Å²) in [5.74, 6) is 1.20. The first-order valence-electron chi connectivity index (χ1n) is 10.5.